The van der Waals surface area contributed by atoms with Gasteiger partial charge in [-0.25, -0.2) is 4.39 Å². The van der Waals surface area contributed by atoms with Gasteiger partial charge in [0.05, 0.1) is 13.2 Å². The number of carbonyl (C=O) groups excluding carboxylic acids is 1. The predicted molar refractivity (Wildman–Crippen MR) is 69.2 cm³/mol. The number of likely N-dealkylation sites (N-methyl/N-ethyl adjacent to an activating group) is 1. The van der Waals surface area contributed by atoms with Gasteiger partial charge in [0.25, 0.3) is 0 Å². The van der Waals surface area contributed by atoms with Crippen LogP contribution in [-0.4, -0.2) is 41.7 Å². The standard InChI is InChI=1S/C14H19FN2O2/c1-17(11-14(15)5-3-6-14)13(18)10-19-9-12-4-2-7-16-8-12/h2,4,7-8H,3,5-6,9-11H2,1H3. The smallest absolute Gasteiger partial charge is 0.248 e. The summed E-state index contributed by atoms with van der Waals surface area (Å²) in [6, 6.07) is 3.70. The first-order valence-corrected chi connectivity index (χ1v) is 6.49. The van der Waals surface area contributed by atoms with Crippen LogP contribution in [0.5, 0.6) is 0 Å². The first-order valence-electron chi connectivity index (χ1n) is 6.49. The summed E-state index contributed by atoms with van der Waals surface area (Å²) < 4.78 is 19.2. The lowest BCUT2D eigenvalue weighted by molar-refractivity contribution is -0.138. The van der Waals surface area contributed by atoms with Crippen LogP contribution < -0.4 is 0 Å². The van der Waals surface area contributed by atoms with Crippen LogP contribution in [0.25, 0.3) is 0 Å². The largest absolute Gasteiger partial charge is 0.367 e. The number of aromatic nitrogens is 1. The fourth-order valence-corrected chi connectivity index (χ4v) is 2.08. The third-order valence-electron chi connectivity index (χ3n) is 3.41. The van der Waals surface area contributed by atoms with Crippen LogP contribution in [0.3, 0.4) is 0 Å². The number of halogens is 1. The summed E-state index contributed by atoms with van der Waals surface area (Å²) in [5.41, 5.74) is -0.257. The van der Waals surface area contributed by atoms with Crippen molar-refractivity contribution < 1.29 is 13.9 Å². The molecule has 1 aliphatic rings. The van der Waals surface area contributed by atoms with Crippen molar-refractivity contribution in [2.45, 2.75) is 31.5 Å². The molecule has 1 saturated carbocycles. The van der Waals surface area contributed by atoms with Crippen molar-refractivity contribution in [1.29, 1.82) is 0 Å². The van der Waals surface area contributed by atoms with Gasteiger partial charge in [0.1, 0.15) is 12.3 Å². The van der Waals surface area contributed by atoms with E-state index in [9.17, 15) is 9.18 Å². The van der Waals surface area contributed by atoms with Crippen molar-refractivity contribution in [3.05, 3.63) is 30.1 Å². The van der Waals surface area contributed by atoms with Gasteiger partial charge in [0, 0.05) is 19.4 Å². The van der Waals surface area contributed by atoms with Crippen LogP contribution in [-0.2, 0) is 16.1 Å². The average molecular weight is 266 g/mol. The molecule has 0 bridgehead atoms. The highest BCUT2D eigenvalue weighted by atomic mass is 19.1. The van der Waals surface area contributed by atoms with E-state index in [0.29, 0.717) is 19.4 Å². The molecular weight excluding hydrogens is 247 g/mol. The molecular formula is C14H19FN2O2. The van der Waals surface area contributed by atoms with Crippen LogP contribution in [0.1, 0.15) is 24.8 Å². The number of alkyl halides is 1. The lowest BCUT2D eigenvalue weighted by Gasteiger charge is -2.36. The monoisotopic (exact) mass is 266 g/mol. The Morgan fingerprint density at radius 3 is 2.95 bits per heavy atom. The van der Waals surface area contributed by atoms with E-state index in [0.717, 1.165) is 12.0 Å². The summed E-state index contributed by atoms with van der Waals surface area (Å²) in [5, 5.41) is 0. The SMILES string of the molecule is CN(CC1(F)CCC1)C(=O)COCc1cccnc1. The maximum Gasteiger partial charge on any atom is 0.248 e. The summed E-state index contributed by atoms with van der Waals surface area (Å²) in [5.74, 6) is -0.187. The Labute approximate surface area is 112 Å². The van der Waals surface area contributed by atoms with Gasteiger partial charge in [-0.2, -0.15) is 0 Å². The highest BCUT2D eigenvalue weighted by Crippen LogP contribution is 2.36. The van der Waals surface area contributed by atoms with Gasteiger partial charge in [-0.1, -0.05) is 6.07 Å². The molecule has 5 heteroatoms. The molecule has 1 heterocycles. The number of hydrogen-bond donors (Lipinski definition) is 0. The van der Waals surface area contributed by atoms with Crippen molar-refractivity contribution >= 4 is 5.91 Å². The molecule has 1 aliphatic carbocycles. The van der Waals surface area contributed by atoms with Crippen LogP contribution in [0.15, 0.2) is 24.5 Å². The number of pyridine rings is 1. The Morgan fingerprint density at radius 2 is 2.37 bits per heavy atom. The van der Waals surface area contributed by atoms with Crippen molar-refractivity contribution in [2.75, 3.05) is 20.2 Å². The summed E-state index contributed by atoms with van der Waals surface area (Å²) >= 11 is 0. The Hall–Kier alpha value is -1.49. The fourth-order valence-electron chi connectivity index (χ4n) is 2.08. The summed E-state index contributed by atoms with van der Waals surface area (Å²) in [4.78, 5) is 17.1. The zero-order valence-electron chi connectivity index (χ0n) is 11.1. The highest BCUT2D eigenvalue weighted by molar-refractivity contribution is 5.77. The molecule has 0 atom stereocenters. The maximum absolute atomic E-state index is 13.9. The lowest BCUT2D eigenvalue weighted by Crippen LogP contribution is -2.46. The second kappa shape index (κ2) is 6.10. The van der Waals surface area contributed by atoms with Crippen molar-refractivity contribution in [1.82, 2.24) is 9.88 Å². The van der Waals surface area contributed by atoms with Crippen molar-refractivity contribution in [3.8, 4) is 0 Å². The molecule has 104 valence electrons. The number of hydrogen-bond acceptors (Lipinski definition) is 3. The zero-order valence-corrected chi connectivity index (χ0v) is 11.1. The third kappa shape index (κ3) is 3.99. The van der Waals surface area contributed by atoms with E-state index in [1.54, 1.807) is 19.4 Å². The van der Waals surface area contributed by atoms with Gasteiger partial charge in [-0.3, -0.25) is 9.78 Å². The second-order valence-corrected chi connectivity index (χ2v) is 5.11. The predicted octanol–water partition coefficient (Wildman–Crippen LogP) is 1.95. The van der Waals surface area contributed by atoms with E-state index in [2.05, 4.69) is 4.98 Å². The van der Waals surface area contributed by atoms with Crippen LogP contribution in [0.2, 0.25) is 0 Å². The number of nitrogens with zero attached hydrogens (tertiary/aromatic N) is 2. The average Bonchev–Trinajstić information content (AvgIpc) is 2.38. The maximum atomic E-state index is 13.9. The molecule has 1 aromatic rings. The van der Waals surface area contributed by atoms with Crippen LogP contribution in [0, 0.1) is 0 Å². The van der Waals surface area contributed by atoms with Gasteiger partial charge in [-0.05, 0) is 30.9 Å². The molecule has 0 saturated heterocycles. The van der Waals surface area contributed by atoms with E-state index >= 15 is 0 Å². The van der Waals surface area contributed by atoms with Crippen molar-refractivity contribution in [3.63, 3.8) is 0 Å². The highest BCUT2D eigenvalue weighted by Gasteiger charge is 2.38. The molecule has 0 N–H and O–H groups in total. The molecule has 0 aromatic carbocycles. The molecule has 1 amide bonds. The quantitative estimate of drug-likeness (QED) is 0.790. The minimum Gasteiger partial charge on any atom is -0.367 e. The van der Waals surface area contributed by atoms with Crippen molar-refractivity contribution in [2.24, 2.45) is 0 Å². The number of amides is 1. The minimum atomic E-state index is -1.17. The molecule has 2 rings (SSSR count). The first-order chi connectivity index (χ1) is 9.09. The molecule has 19 heavy (non-hydrogen) atoms. The molecule has 4 nitrogen and oxygen atoms in total. The lowest BCUT2D eigenvalue weighted by atomic mass is 9.82. The Bertz CT molecular complexity index is 421. The molecule has 0 radical (unpaired) electrons. The van der Waals surface area contributed by atoms with Gasteiger partial charge in [0.15, 0.2) is 0 Å². The van der Waals surface area contributed by atoms with Gasteiger partial charge in [0.2, 0.25) is 5.91 Å². The third-order valence-corrected chi connectivity index (χ3v) is 3.41. The molecule has 0 unspecified atom stereocenters. The van der Waals surface area contributed by atoms with E-state index in [-0.39, 0.29) is 19.1 Å². The second-order valence-electron chi connectivity index (χ2n) is 5.11. The van der Waals surface area contributed by atoms with E-state index < -0.39 is 5.67 Å². The van der Waals surface area contributed by atoms with E-state index in [1.165, 1.54) is 4.90 Å². The Morgan fingerprint density at radius 1 is 1.58 bits per heavy atom. The summed E-state index contributed by atoms with van der Waals surface area (Å²) in [7, 11) is 1.62. The Kier molecular flexibility index (Phi) is 4.47. The molecule has 1 aromatic heterocycles. The van der Waals surface area contributed by atoms with Gasteiger partial charge >= 0.3 is 0 Å². The van der Waals surface area contributed by atoms with Crippen LogP contribution >= 0.6 is 0 Å². The zero-order chi connectivity index (χ0) is 13.7. The molecule has 0 aliphatic heterocycles. The summed E-state index contributed by atoms with van der Waals surface area (Å²) in [6.07, 6.45) is 5.40. The summed E-state index contributed by atoms with van der Waals surface area (Å²) in [6.45, 7) is 0.484. The minimum absolute atomic E-state index is 0.0263. The fraction of sp³-hybridized carbons (Fsp3) is 0.571. The van der Waals surface area contributed by atoms with Gasteiger partial charge < -0.3 is 9.64 Å². The molecule has 0 spiro atoms. The first kappa shape index (κ1) is 13.9. The number of ether oxygens (including phenoxy) is 1. The van der Waals surface area contributed by atoms with E-state index in [1.807, 2.05) is 12.1 Å². The number of rotatable bonds is 6. The van der Waals surface area contributed by atoms with Crippen LogP contribution in [0.4, 0.5) is 4.39 Å². The number of carbonyl (C=O) groups is 1. The topological polar surface area (TPSA) is 42.4 Å². The normalized spacial score (nSPS) is 16.7. The van der Waals surface area contributed by atoms with E-state index in [4.69, 9.17) is 4.74 Å². The molecule has 1 fully saturated rings. The Balaban J connectivity index is 1.69. The van der Waals surface area contributed by atoms with Gasteiger partial charge in [-0.15, -0.1) is 0 Å².